The Labute approximate surface area is 168 Å². The first kappa shape index (κ1) is 18.7. The minimum absolute atomic E-state index is 0.247. The Hall–Kier alpha value is -2.04. The molecule has 26 heavy (non-hydrogen) atoms. The van der Waals surface area contributed by atoms with Gasteiger partial charge in [0.15, 0.2) is 0 Å². The van der Waals surface area contributed by atoms with Crippen molar-refractivity contribution < 1.29 is 8.78 Å². The van der Waals surface area contributed by atoms with Crippen molar-refractivity contribution >= 4 is 56.2 Å². The van der Waals surface area contributed by atoms with Gasteiger partial charge in [-0.2, -0.15) is 0 Å². The van der Waals surface area contributed by atoms with Gasteiger partial charge < -0.3 is 0 Å². The van der Waals surface area contributed by atoms with Crippen LogP contribution < -0.4 is 0 Å². The predicted octanol–water partition coefficient (Wildman–Crippen LogP) is 7.83. The highest BCUT2D eigenvalue weighted by atomic mass is 79.9. The van der Waals surface area contributed by atoms with E-state index in [0.29, 0.717) is 0 Å². The molecular formula is C22H14Br2F2. The number of hydrogen-bond donors (Lipinski definition) is 0. The molecule has 0 aliphatic heterocycles. The Morgan fingerprint density at radius 2 is 0.885 bits per heavy atom. The molecule has 3 rings (SSSR count). The van der Waals surface area contributed by atoms with Crippen LogP contribution >= 0.6 is 31.9 Å². The predicted molar refractivity (Wildman–Crippen MR) is 112 cm³/mol. The first-order valence-electron chi connectivity index (χ1n) is 7.87. The minimum atomic E-state index is -0.247. The molecule has 0 saturated carbocycles. The number of hydrogen-bond acceptors (Lipinski definition) is 0. The number of halogens is 4. The van der Waals surface area contributed by atoms with E-state index in [1.165, 1.54) is 24.3 Å². The van der Waals surface area contributed by atoms with Gasteiger partial charge in [0.2, 0.25) is 0 Å². The van der Waals surface area contributed by atoms with Crippen LogP contribution in [0.5, 0.6) is 0 Å². The molecule has 0 spiro atoms. The van der Waals surface area contributed by atoms with E-state index in [0.717, 1.165) is 31.2 Å². The van der Waals surface area contributed by atoms with Crippen LogP contribution in [0.1, 0.15) is 22.3 Å². The molecular weight excluding hydrogens is 462 g/mol. The summed E-state index contributed by atoms with van der Waals surface area (Å²) in [5, 5.41) is 0. The van der Waals surface area contributed by atoms with Gasteiger partial charge in [0.05, 0.1) is 0 Å². The maximum absolute atomic E-state index is 13.0. The molecule has 0 nitrogen and oxygen atoms in total. The van der Waals surface area contributed by atoms with Crippen LogP contribution in [-0.4, -0.2) is 0 Å². The number of benzene rings is 3. The van der Waals surface area contributed by atoms with Crippen molar-refractivity contribution in [3.8, 4) is 0 Å². The summed E-state index contributed by atoms with van der Waals surface area (Å²) in [7, 11) is 0. The van der Waals surface area contributed by atoms with Crippen LogP contribution in [0.3, 0.4) is 0 Å². The van der Waals surface area contributed by atoms with E-state index in [4.69, 9.17) is 0 Å². The van der Waals surface area contributed by atoms with Crippen LogP contribution in [0, 0.1) is 11.6 Å². The van der Waals surface area contributed by atoms with Crippen molar-refractivity contribution in [1.29, 1.82) is 0 Å². The van der Waals surface area contributed by atoms with Gasteiger partial charge >= 0.3 is 0 Å². The second-order valence-corrected chi connectivity index (χ2v) is 7.37. The van der Waals surface area contributed by atoms with Gasteiger partial charge in [-0.3, -0.25) is 0 Å². The molecule has 3 aromatic rings. The molecule has 0 saturated heterocycles. The van der Waals surface area contributed by atoms with Crippen molar-refractivity contribution in [2.45, 2.75) is 0 Å². The van der Waals surface area contributed by atoms with E-state index >= 15 is 0 Å². The number of rotatable bonds is 4. The summed E-state index contributed by atoms with van der Waals surface area (Å²) in [6.45, 7) is 0. The third-order valence-electron chi connectivity index (χ3n) is 3.77. The van der Waals surface area contributed by atoms with Gasteiger partial charge in [0, 0.05) is 8.95 Å². The van der Waals surface area contributed by atoms with E-state index in [2.05, 4.69) is 31.9 Å². The highest BCUT2D eigenvalue weighted by molar-refractivity contribution is 9.11. The minimum Gasteiger partial charge on any atom is -0.207 e. The molecule has 0 bridgehead atoms. The normalized spacial score (nSPS) is 11.5. The highest BCUT2D eigenvalue weighted by Gasteiger charge is 2.03. The van der Waals surface area contributed by atoms with Crippen LogP contribution in [0.15, 0.2) is 69.6 Å². The molecule has 4 heteroatoms. The summed E-state index contributed by atoms with van der Waals surface area (Å²) in [5.41, 5.74) is 3.85. The zero-order valence-corrected chi connectivity index (χ0v) is 16.8. The fraction of sp³-hybridized carbons (Fsp3) is 0. The van der Waals surface area contributed by atoms with E-state index in [-0.39, 0.29) is 11.6 Å². The maximum atomic E-state index is 13.0. The van der Waals surface area contributed by atoms with E-state index in [1.807, 2.05) is 36.4 Å². The Bertz CT molecular complexity index is 875. The molecule has 0 aliphatic carbocycles. The Kier molecular flexibility index (Phi) is 6.17. The lowest BCUT2D eigenvalue weighted by Crippen LogP contribution is -1.83. The van der Waals surface area contributed by atoms with Gasteiger partial charge in [-0.1, -0.05) is 80.4 Å². The van der Waals surface area contributed by atoms with Crippen molar-refractivity contribution in [3.63, 3.8) is 0 Å². The van der Waals surface area contributed by atoms with Crippen molar-refractivity contribution in [3.05, 3.63) is 103 Å². The molecule has 130 valence electrons. The third kappa shape index (κ3) is 4.99. The molecule has 0 amide bonds. The maximum Gasteiger partial charge on any atom is 0.123 e. The SMILES string of the molecule is Fc1ccc(C=Cc2cc(Br)c(C=Cc3ccc(F)cc3)cc2Br)cc1. The molecule has 3 aromatic carbocycles. The van der Waals surface area contributed by atoms with Crippen molar-refractivity contribution in [2.24, 2.45) is 0 Å². The zero-order chi connectivity index (χ0) is 18.5. The standard InChI is InChI=1S/C22H14Br2F2/c23-21-14-18(8-2-16-5-11-20(26)12-6-16)22(24)13-17(21)7-1-15-3-9-19(25)10-4-15/h1-14H. The van der Waals surface area contributed by atoms with Gasteiger partial charge in [-0.05, 0) is 58.7 Å². The lowest BCUT2D eigenvalue weighted by Gasteiger charge is -2.05. The second kappa shape index (κ2) is 8.56. The molecule has 0 fully saturated rings. The molecule has 0 aliphatic rings. The quantitative estimate of drug-likeness (QED) is 0.337. The summed E-state index contributed by atoms with van der Waals surface area (Å²) >= 11 is 7.17. The first-order valence-corrected chi connectivity index (χ1v) is 9.46. The lowest BCUT2D eigenvalue weighted by atomic mass is 10.1. The Morgan fingerprint density at radius 3 is 1.23 bits per heavy atom. The fourth-order valence-electron chi connectivity index (χ4n) is 2.35. The summed E-state index contributed by atoms with van der Waals surface area (Å²) in [4.78, 5) is 0. The van der Waals surface area contributed by atoms with Gasteiger partial charge in [0.25, 0.3) is 0 Å². The second-order valence-electron chi connectivity index (χ2n) is 5.67. The van der Waals surface area contributed by atoms with E-state index in [1.54, 1.807) is 24.3 Å². The average molecular weight is 476 g/mol. The van der Waals surface area contributed by atoms with Crippen molar-refractivity contribution in [1.82, 2.24) is 0 Å². The van der Waals surface area contributed by atoms with E-state index < -0.39 is 0 Å². The van der Waals surface area contributed by atoms with Gasteiger partial charge in [-0.25, -0.2) is 8.78 Å². The van der Waals surface area contributed by atoms with E-state index in [9.17, 15) is 8.78 Å². The molecule has 0 heterocycles. The summed E-state index contributed by atoms with van der Waals surface area (Å²) in [6, 6.07) is 16.7. The molecule has 0 atom stereocenters. The summed E-state index contributed by atoms with van der Waals surface area (Å²) < 4.78 is 27.8. The fourth-order valence-corrected chi connectivity index (χ4v) is 3.34. The first-order chi connectivity index (χ1) is 12.5. The van der Waals surface area contributed by atoms with Crippen LogP contribution in [-0.2, 0) is 0 Å². The van der Waals surface area contributed by atoms with Crippen LogP contribution in [0.2, 0.25) is 0 Å². The third-order valence-corrected chi connectivity index (χ3v) is 5.14. The molecule has 0 N–H and O–H groups in total. The zero-order valence-electron chi connectivity index (χ0n) is 13.6. The topological polar surface area (TPSA) is 0 Å². The van der Waals surface area contributed by atoms with Gasteiger partial charge in [-0.15, -0.1) is 0 Å². The highest BCUT2D eigenvalue weighted by Crippen LogP contribution is 2.29. The largest absolute Gasteiger partial charge is 0.207 e. The Balaban J connectivity index is 1.81. The molecule has 0 unspecified atom stereocenters. The smallest absolute Gasteiger partial charge is 0.123 e. The van der Waals surface area contributed by atoms with Crippen LogP contribution in [0.4, 0.5) is 8.78 Å². The van der Waals surface area contributed by atoms with Gasteiger partial charge in [0.1, 0.15) is 11.6 Å². The average Bonchev–Trinajstić information content (AvgIpc) is 2.63. The summed E-state index contributed by atoms with van der Waals surface area (Å²) in [5.74, 6) is -0.494. The monoisotopic (exact) mass is 474 g/mol. The lowest BCUT2D eigenvalue weighted by molar-refractivity contribution is 0.627. The van der Waals surface area contributed by atoms with Crippen molar-refractivity contribution in [2.75, 3.05) is 0 Å². The Morgan fingerprint density at radius 1 is 0.538 bits per heavy atom. The molecule has 0 aromatic heterocycles. The molecule has 0 radical (unpaired) electrons. The summed E-state index contributed by atoms with van der Waals surface area (Å²) in [6.07, 6.45) is 7.80. The van der Waals surface area contributed by atoms with Crippen LogP contribution in [0.25, 0.3) is 24.3 Å².